The number of hydrogen-bond acceptors (Lipinski definition) is 3. The lowest BCUT2D eigenvalue weighted by molar-refractivity contribution is -0.00738. The zero-order valence-electron chi connectivity index (χ0n) is 12.4. The molecule has 1 saturated heterocycles. The zero-order valence-corrected chi connectivity index (χ0v) is 12.4. The molecule has 1 aliphatic heterocycles. The smallest absolute Gasteiger partial charge is 0.0570 e. The molecule has 0 aromatic heterocycles. The van der Waals surface area contributed by atoms with Gasteiger partial charge < -0.3 is 15.4 Å². The highest BCUT2D eigenvalue weighted by Gasteiger charge is 2.39. The van der Waals surface area contributed by atoms with Gasteiger partial charge in [-0.05, 0) is 51.3 Å². The van der Waals surface area contributed by atoms with Gasteiger partial charge in [-0.25, -0.2) is 0 Å². The lowest BCUT2D eigenvalue weighted by Gasteiger charge is -2.48. The summed E-state index contributed by atoms with van der Waals surface area (Å²) in [5.74, 6) is 0. The average Bonchev–Trinajstić information content (AvgIpc) is 2.39. The van der Waals surface area contributed by atoms with Gasteiger partial charge in [-0.1, -0.05) is 12.1 Å². The Kier molecular flexibility index (Phi) is 4.48. The maximum Gasteiger partial charge on any atom is 0.0570 e. The highest BCUT2D eigenvalue weighted by molar-refractivity contribution is 5.51. The SMILES string of the molecule is CCN(c1cccc(C)c1)C1(CN)CCOC(C)C1. The van der Waals surface area contributed by atoms with Gasteiger partial charge in [0.15, 0.2) is 0 Å². The van der Waals surface area contributed by atoms with Crippen molar-refractivity contribution in [1.29, 1.82) is 0 Å². The van der Waals surface area contributed by atoms with Crippen LogP contribution in [0.2, 0.25) is 0 Å². The van der Waals surface area contributed by atoms with Crippen molar-refractivity contribution in [3.05, 3.63) is 29.8 Å². The molecule has 1 aromatic rings. The second-order valence-electron chi connectivity index (χ2n) is 5.65. The predicted molar refractivity (Wildman–Crippen MR) is 80.6 cm³/mol. The van der Waals surface area contributed by atoms with Crippen molar-refractivity contribution in [3.8, 4) is 0 Å². The van der Waals surface area contributed by atoms with Crippen LogP contribution in [0.5, 0.6) is 0 Å². The molecule has 1 aliphatic rings. The molecule has 2 rings (SSSR count). The van der Waals surface area contributed by atoms with Crippen molar-refractivity contribution < 1.29 is 4.74 Å². The van der Waals surface area contributed by atoms with E-state index in [4.69, 9.17) is 10.5 Å². The van der Waals surface area contributed by atoms with Crippen LogP contribution in [-0.2, 0) is 4.74 Å². The Morgan fingerprint density at radius 2 is 2.26 bits per heavy atom. The molecular weight excluding hydrogens is 236 g/mol. The van der Waals surface area contributed by atoms with E-state index in [2.05, 4.69) is 49.9 Å². The maximum atomic E-state index is 6.16. The Morgan fingerprint density at radius 1 is 1.47 bits per heavy atom. The van der Waals surface area contributed by atoms with Gasteiger partial charge in [0.05, 0.1) is 11.6 Å². The van der Waals surface area contributed by atoms with E-state index in [9.17, 15) is 0 Å². The first kappa shape index (κ1) is 14.4. The van der Waals surface area contributed by atoms with Crippen molar-refractivity contribution in [3.63, 3.8) is 0 Å². The summed E-state index contributed by atoms with van der Waals surface area (Å²) in [7, 11) is 0. The topological polar surface area (TPSA) is 38.5 Å². The Labute approximate surface area is 116 Å². The third kappa shape index (κ3) is 2.93. The molecule has 1 heterocycles. The number of hydrogen-bond donors (Lipinski definition) is 1. The summed E-state index contributed by atoms with van der Waals surface area (Å²) in [6.07, 6.45) is 2.30. The molecule has 3 heteroatoms. The molecule has 2 atom stereocenters. The minimum atomic E-state index is 0.0419. The number of ether oxygens (including phenoxy) is 1. The predicted octanol–water partition coefficient (Wildman–Crippen LogP) is 2.72. The Hall–Kier alpha value is -1.06. The lowest BCUT2D eigenvalue weighted by Crippen LogP contribution is -2.58. The van der Waals surface area contributed by atoms with Crippen LogP contribution < -0.4 is 10.6 Å². The molecule has 0 bridgehead atoms. The summed E-state index contributed by atoms with van der Waals surface area (Å²) in [5, 5.41) is 0. The third-order valence-corrected chi connectivity index (χ3v) is 4.22. The van der Waals surface area contributed by atoms with Gasteiger partial charge >= 0.3 is 0 Å². The summed E-state index contributed by atoms with van der Waals surface area (Å²) in [6.45, 7) is 8.96. The van der Waals surface area contributed by atoms with Gasteiger partial charge in [-0.15, -0.1) is 0 Å². The number of nitrogens with zero attached hydrogens (tertiary/aromatic N) is 1. The van der Waals surface area contributed by atoms with Crippen LogP contribution in [0, 0.1) is 6.92 Å². The van der Waals surface area contributed by atoms with Gasteiger partial charge in [0.2, 0.25) is 0 Å². The molecular formula is C16H26N2O. The van der Waals surface area contributed by atoms with E-state index in [0.717, 1.165) is 26.0 Å². The van der Waals surface area contributed by atoms with Crippen LogP contribution in [0.15, 0.2) is 24.3 Å². The number of anilines is 1. The molecule has 0 amide bonds. The van der Waals surface area contributed by atoms with Crippen LogP contribution in [0.25, 0.3) is 0 Å². The first-order valence-corrected chi connectivity index (χ1v) is 7.27. The Balaban J connectivity index is 2.33. The zero-order chi connectivity index (χ0) is 13.9. The molecule has 106 valence electrons. The molecule has 1 fully saturated rings. The molecule has 2 unspecified atom stereocenters. The third-order valence-electron chi connectivity index (χ3n) is 4.22. The molecule has 0 spiro atoms. The van der Waals surface area contributed by atoms with Gasteiger partial charge in [0.25, 0.3) is 0 Å². The molecule has 0 aliphatic carbocycles. The standard InChI is InChI=1S/C16H26N2O/c1-4-18(15-7-5-6-13(2)10-15)16(12-17)8-9-19-14(3)11-16/h5-7,10,14H,4,8-9,11-12,17H2,1-3H3. The van der Waals surface area contributed by atoms with Crippen molar-refractivity contribution in [2.45, 2.75) is 45.3 Å². The van der Waals surface area contributed by atoms with Gasteiger partial charge in [0, 0.05) is 25.4 Å². The second kappa shape index (κ2) is 5.93. The molecule has 2 N–H and O–H groups in total. The highest BCUT2D eigenvalue weighted by Crippen LogP contribution is 2.34. The summed E-state index contributed by atoms with van der Waals surface area (Å²) in [4.78, 5) is 2.47. The minimum Gasteiger partial charge on any atom is -0.378 e. The summed E-state index contributed by atoms with van der Waals surface area (Å²) >= 11 is 0. The summed E-state index contributed by atoms with van der Waals surface area (Å²) in [6, 6.07) is 8.70. The molecule has 3 nitrogen and oxygen atoms in total. The number of benzene rings is 1. The normalized spacial score (nSPS) is 27.3. The number of aryl methyl sites for hydroxylation is 1. The fraction of sp³-hybridized carbons (Fsp3) is 0.625. The van der Waals surface area contributed by atoms with E-state index in [1.54, 1.807) is 0 Å². The minimum absolute atomic E-state index is 0.0419. The van der Waals surface area contributed by atoms with Crippen molar-refractivity contribution in [2.75, 3.05) is 24.6 Å². The largest absolute Gasteiger partial charge is 0.378 e. The van der Waals surface area contributed by atoms with E-state index >= 15 is 0 Å². The first-order valence-electron chi connectivity index (χ1n) is 7.27. The average molecular weight is 262 g/mol. The lowest BCUT2D eigenvalue weighted by atomic mass is 9.84. The van der Waals surface area contributed by atoms with E-state index in [-0.39, 0.29) is 11.6 Å². The molecule has 0 saturated carbocycles. The van der Waals surface area contributed by atoms with Gasteiger partial charge in [-0.2, -0.15) is 0 Å². The van der Waals surface area contributed by atoms with Crippen LogP contribution in [0.3, 0.4) is 0 Å². The monoisotopic (exact) mass is 262 g/mol. The van der Waals surface area contributed by atoms with Crippen LogP contribution in [0.1, 0.15) is 32.3 Å². The maximum absolute atomic E-state index is 6.16. The van der Waals surface area contributed by atoms with Gasteiger partial charge in [0.1, 0.15) is 0 Å². The van der Waals surface area contributed by atoms with Crippen molar-refractivity contribution >= 4 is 5.69 Å². The number of rotatable bonds is 4. The fourth-order valence-corrected chi connectivity index (χ4v) is 3.27. The second-order valence-corrected chi connectivity index (χ2v) is 5.65. The van der Waals surface area contributed by atoms with Crippen molar-refractivity contribution in [2.24, 2.45) is 5.73 Å². The molecule has 1 aromatic carbocycles. The summed E-state index contributed by atoms with van der Waals surface area (Å²) in [5.41, 5.74) is 8.77. The number of nitrogens with two attached hydrogens (primary N) is 1. The number of likely N-dealkylation sites (N-methyl/N-ethyl adjacent to an activating group) is 1. The van der Waals surface area contributed by atoms with Crippen molar-refractivity contribution in [1.82, 2.24) is 0 Å². The van der Waals surface area contributed by atoms with E-state index in [1.165, 1.54) is 11.3 Å². The van der Waals surface area contributed by atoms with Crippen LogP contribution in [0.4, 0.5) is 5.69 Å². The van der Waals surface area contributed by atoms with Crippen LogP contribution in [-0.4, -0.2) is 31.3 Å². The van der Waals surface area contributed by atoms with E-state index in [1.807, 2.05) is 0 Å². The fourth-order valence-electron chi connectivity index (χ4n) is 3.27. The van der Waals surface area contributed by atoms with Gasteiger partial charge in [-0.3, -0.25) is 0 Å². The Bertz CT molecular complexity index is 421. The Morgan fingerprint density at radius 3 is 2.84 bits per heavy atom. The molecule has 19 heavy (non-hydrogen) atoms. The molecule has 0 radical (unpaired) electrons. The van der Waals surface area contributed by atoms with E-state index in [0.29, 0.717) is 6.54 Å². The highest BCUT2D eigenvalue weighted by atomic mass is 16.5. The van der Waals surface area contributed by atoms with Crippen LogP contribution >= 0.6 is 0 Å². The quantitative estimate of drug-likeness (QED) is 0.906. The first-order chi connectivity index (χ1) is 9.11. The summed E-state index contributed by atoms with van der Waals surface area (Å²) < 4.78 is 5.71. The van der Waals surface area contributed by atoms with E-state index < -0.39 is 0 Å².